The highest BCUT2D eigenvalue weighted by atomic mass is 19.1. The van der Waals surface area contributed by atoms with Crippen molar-refractivity contribution in [1.29, 1.82) is 0 Å². The average molecular weight is 264 g/mol. The summed E-state index contributed by atoms with van der Waals surface area (Å²) in [7, 11) is 1.92. The fraction of sp³-hybridized carbons (Fsp3) is 0.625. The highest BCUT2D eigenvalue weighted by molar-refractivity contribution is 5.55. The summed E-state index contributed by atoms with van der Waals surface area (Å²) in [6, 6.07) is 5.33. The van der Waals surface area contributed by atoms with Gasteiger partial charge in [-0.25, -0.2) is 4.39 Å². The van der Waals surface area contributed by atoms with E-state index in [1.807, 2.05) is 13.1 Å². The lowest BCUT2D eigenvalue weighted by Gasteiger charge is -2.39. The smallest absolute Gasteiger partial charge is 0.123 e. The number of hydrogen-bond donors (Lipinski definition) is 1. The Hall–Kier alpha value is -1.09. The molecule has 1 fully saturated rings. The first-order valence-corrected chi connectivity index (χ1v) is 7.14. The minimum Gasteiger partial charge on any atom is -0.371 e. The lowest BCUT2D eigenvalue weighted by Crippen LogP contribution is -2.38. The predicted octanol–water partition coefficient (Wildman–Crippen LogP) is 3.73. The van der Waals surface area contributed by atoms with Crippen molar-refractivity contribution in [3.63, 3.8) is 0 Å². The third-order valence-corrected chi connectivity index (χ3v) is 4.35. The van der Waals surface area contributed by atoms with Crippen molar-refractivity contribution in [3.8, 4) is 0 Å². The maximum absolute atomic E-state index is 13.5. The molecule has 0 spiro atoms. The van der Waals surface area contributed by atoms with Crippen molar-refractivity contribution < 1.29 is 4.39 Å². The SMILES string of the molecule is CNC(C)c1cc(F)ccc1N1CCC(C)(C)CC1. The molecule has 106 valence electrons. The molecule has 2 rings (SSSR count). The predicted molar refractivity (Wildman–Crippen MR) is 79.1 cm³/mol. The fourth-order valence-corrected chi connectivity index (χ4v) is 2.67. The molecule has 0 saturated carbocycles. The van der Waals surface area contributed by atoms with Crippen LogP contribution >= 0.6 is 0 Å². The second-order valence-corrected chi connectivity index (χ2v) is 6.36. The van der Waals surface area contributed by atoms with Gasteiger partial charge < -0.3 is 10.2 Å². The normalized spacial score (nSPS) is 20.4. The van der Waals surface area contributed by atoms with Crippen LogP contribution in [0.3, 0.4) is 0 Å². The van der Waals surface area contributed by atoms with Gasteiger partial charge in [0.15, 0.2) is 0 Å². The van der Waals surface area contributed by atoms with Gasteiger partial charge in [0, 0.05) is 24.8 Å². The van der Waals surface area contributed by atoms with E-state index in [4.69, 9.17) is 0 Å². The highest BCUT2D eigenvalue weighted by Gasteiger charge is 2.27. The minimum absolute atomic E-state index is 0.154. The Kier molecular flexibility index (Phi) is 4.14. The summed E-state index contributed by atoms with van der Waals surface area (Å²) in [5.41, 5.74) is 2.67. The monoisotopic (exact) mass is 264 g/mol. The Morgan fingerprint density at radius 1 is 1.26 bits per heavy atom. The molecule has 2 nitrogen and oxygen atoms in total. The van der Waals surface area contributed by atoms with Crippen LogP contribution in [0.5, 0.6) is 0 Å². The van der Waals surface area contributed by atoms with Crippen molar-refractivity contribution in [2.24, 2.45) is 5.41 Å². The molecule has 3 heteroatoms. The average Bonchev–Trinajstić information content (AvgIpc) is 2.38. The van der Waals surface area contributed by atoms with Crippen LogP contribution in [0.2, 0.25) is 0 Å². The summed E-state index contributed by atoms with van der Waals surface area (Å²) in [5, 5.41) is 3.21. The third-order valence-electron chi connectivity index (χ3n) is 4.35. The van der Waals surface area contributed by atoms with Gasteiger partial charge in [-0.15, -0.1) is 0 Å². The number of benzene rings is 1. The lowest BCUT2D eigenvalue weighted by molar-refractivity contribution is 0.279. The molecule has 1 N–H and O–H groups in total. The summed E-state index contributed by atoms with van der Waals surface area (Å²) in [4.78, 5) is 2.40. The van der Waals surface area contributed by atoms with E-state index < -0.39 is 0 Å². The van der Waals surface area contributed by atoms with Crippen LogP contribution in [0.4, 0.5) is 10.1 Å². The molecule has 1 atom stereocenters. The summed E-state index contributed by atoms with van der Waals surface area (Å²) in [6.07, 6.45) is 2.38. The molecule has 0 aromatic heterocycles. The van der Waals surface area contributed by atoms with Crippen molar-refractivity contribution >= 4 is 5.69 Å². The van der Waals surface area contributed by atoms with Crippen molar-refractivity contribution in [2.75, 3.05) is 25.0 Å². The van der Waals surface area contributed by atoms with Crippen LogP contribution in [0, 0.1) is 11.2 Å². The fourth-order valence-electron chi connectivity index (χ4n) is 2.67. The van der Waals surface area contributed by atoms with Crippen molar-refractivity contribution in [3.05, 3.63) is 29.6 Å². The van der Waals surface area contributed by atoms with Gasteiger partial charge in [0.2, 0.25) is 0 Å². The number of nitrogens with zero attached hydrogens (tertiary/aromatic N) is 1. The second-order valence-electron chi connectivity index (χ2n) is 6.36. The first-order valence-electron chi connectivity index (χ1n) is 7.14. The molecule has 1 aromatic carbocycles. The summed E-state index contributed by atoms with van der Waals surface area (Å²) >= 11 is 0. The number of rotatable bonds is 3. The van der Waals surface area contributed by atoms with E-state index >= 15 is 0 Å². The maximum Gasteiger partial charge on any atom is 0.123 e. The largest absolute Gasteiger partial charge is 0.371 e. The zero-order chi connectivity index (χ0) is 14.0. The zero-order valence-electron chi connectivity index (χ0n) is 12.5. The molecule has 1 saturated heterocycles. The Labute approximate surface area is 116 Å². The number of nitrogens with one attached hydrogen (secondary N) is 1. The van der Waals surface area contributed by atoms with Gasteiger partial charge in [0.1, 0.15) is 5.82 Å². The van der Waals surface area contributed by atoms with Gasteiger partial charge in [0.25, 0.3) is 0 Å². The van der Waals surface area contributed by atoms with Gasteiger partial charge >= 0.3 is 0 Å². The van der Waals surface area contributed by atoms with Crippen LogP contribution in [-0.2, 0) is 0 Å². The molecular weight excluding hydrogens is 239 g/mol. The Bertz CT molecular complexity index is 432. The highest BCUT2D eigenvalue weighted by Crippen LogP contribution is 2.35. The van der Waals surface area contributed by atoms with Crippen molar-refractivity contribution in [2.45, 2.75) is 39.7 Å². The van der Waals surface area contributed by atoms with Gasteiger partial charge in [-0.05, 0) is 56.0 Å². The summed E-state index contributed by atoms with van der Waals surface area (Å²) in [5.74, 6) is -0.154. The van der Waals surface area contributed by atoms with Crippen LogP contribution in [-0.4, -0.2) is 20.1 Å². The first-order chi connectivity index (χ1) is 8.93. The molecule has 1 aliphatic heterocycles. The molecule has 0 bridgehead atoms. The molecule has 0 amide bonds. The zero-order valence-corrected chi connectivity index (χ0v) is 12.5. The summed E-state index contributed by atoms with van der Waals surface area (Å²) < 4.78 is 13.5. The number of halogens is 1. The van der Waals surface area contributed by atoms with E-state index in [-0.39, 0.29) is 11.9 Å². The van der Waals surface area contributed by atoms with Gasteiger partial charge in [0.05, 0.1) is 0 Å². The van der Waals surface area contributed by atoms with Gasteiger partial charge in [-0.1, -0.05) is 13.8 Å². The molecule has 1 aromatic rings. The van der Waals surface area contributed by atoms with Crippen molar-refractivity contribution in [1.82, 2.24) is 5.32 Å². The number of hydrogen-bond acceptors (Lipinski definition) is 2. The standard InChI is InChI=1S/C16H25FN2/c1-12(18-4)14-11-13(17)5-6-15(14)19-9-7-16(2,3)8-10-19/h5-6,11-12,18H,7-10H2,1-4H3. The quantitative estimate of drug-likeness (QED) is 0.895. The Balaban J connectivity index is 2.25. The molecule has 0 aliphatic carbocycles. The van der Waals surface area contributed by atoms with E-state index in [1.165, 1.54) is 18.5 Å². The maximum atomic E-state index is 13.5. The second kappa shape index (κ2) is 5.49. The molecular formula is C16H25FN2. The Morgan fingerprint density at radius 3 is 2.47 bits per heavy atom. The summed E-state index contributed by atoms with van der Waals surface area (Å²) in [6.45, 7) is 8.84. The van der Waals surface area contributed by atoms with E-state index in [9.17, 15) is 4.39 Å². The van der Waals surface area contributed by atoms with Crippen LogP contribution in [0.1, 0.15) is 45.2 Å². The lowest BCUT2D eigenvalue weighted by atomic mass is 9.82. The molecule has 1 heterocycles. The number of piperidine rings is 1. The Morgan fingerprint density at radius 2 is 1.89 bits per heavy atom. The van der Waals surface area contributed by atoms with E-state index in [2.05, 4.69) is 31.0 Å². The topological polar surface area (TPSA) is 15.3 Å². The van der Waals surface area contributed by atoms with E-state index in [1.54, 1.807) is 12.1 Å². The first kappa shape index (κ1) is 14.3. The minimum atomic E-state index is -0.154. The molecule has 19 heavy (non-hydrogen) atoms. The van der Waals surface area contributed by atoms with Crippen LogP contribution in [0.15, 0.2) is 18.2 Å². The van der Waals surface area contributed by atoms with Crippen LogP contribution in [0.25, 0.3) is 0 Å². The number of anilines is 1. The van der Waals surface area contributed by atoms with E-state index in [0.29, 0.717) is 5.41 Å². The van der Waals surface area contributed by atoms with E-state index in [0.717, 1.165) is 18.7 Å². The van der Waals surface area contributed by atoms with Gasteiger partial charge in [-0.2, -0.15) is 0 Å². The van der Waals surface area contributed by atoms with Crippen LogP contribution < -0.4 is 10.2 Å². The van der Waals surface area contributed by atoms with Gasteiger partial charge in [-0.3, -0.25) is 0 Å². The molecule has 1 unspecified atom stereocenters. The molecule has 1 aliphatic rings. The molecule has 0 radical (unpaired) electrons. The third kappa shape index (κ3) is 3.27.